The Hall–Kier alpha value is -2.60. The summed E-state index contributed by atoms with van der Waals surface area (Å²) >= 11 is 1.30. The zero-order valence-corrected chi connectivity index (χ0v) is 16.5. The Balaban J connectivity index is 1.91. The first-order valence-electron chi connectivity index (χ1n) is 8.86. The number of methoxy groups -OCH3 is 1. The van der Waals surface area contributed by atoms with E-state index in [2.05, 4.69) is 4.98 Å². The molecular formula is C21H22N2O3S. The lowest BCUT2D eigenvalue weighted by Gasteiger charge is -2.18. The Kier molecular flexibility index (Phi) is 5.96. The van der Waals surface area contributed by atoms with Gasteiger partial charge in [0.25, 0.3) is 5.56 Å². The van der Waals surface area contributed by atoms with E-state index in [1.165, 1.54) is 11.8 Å². The van der Waals surface area contributed by atoms with Gasteiger partial charge in [0.2, 0.25) is 0 Å². The molecule has 5 nitrogen and oxygen atoms in total. The maximum atomic E-state index is 12.9. The molecule has 2 aromatic carbocycles. The van der Waals surface area contributed by atoms with Crippen LogP contribution in [0.3, 0.4) is 0 Å². The molecule has 0 fully saturated rings. The van der Waals surface area contributed by atoms with Crippen LogP contribution in [0, 0.1) is 0 Å². The van der Waals surface area contributed by atoms with Crippen molar-refractivity contribution in [3.05, 3.63) is 64.4 Å². The first-order chi connectivity index (χ1) is 13.0. The van der Waals surface area contributed by atoms with Crippen molar-refractivity contribution >= 4 is 28.4 Å². The van der Waals surface area contributed by atoms with Gasteiger partial charge in [0, 0.05) is 11.6 Å². The van der Waals surface area contributed by atoms with E-state index in [1.807, 2.05) is 32.0 Å². The number of fused-ring (bicyclic) bond motifs is 1. The Bertz CT molecular complexity index is 1010. The number of Topliss-reactive ketones (excluding diaryl/α,β-unsaturated/α-hetero) is 1. The molecule has 27 heavy (non-hydrogen) atoms. The number of para-hydroxylation sites is 1. The highest BCUT2D eigenvalue weighted by Crippen LogP contribution is 2.23. The summed E-state index contributed by atoms with van der Waals surface area (Å²) in [6, 6.07) is 14.4. The van der Waals surface area contributed by atoms with Gasteiger partial charge in [0.1, 0.15) is 5.75 Å². The van der Waals surface area contributed by atoms with Gasteiger partial charge < -0.3 is 4.74 Å². The standard InChI is InChI=1S/C21H22N2O3S/c1-4-14(2)23-20(25)17-7-5-6-8-18(17)22-21(23)27-13-19(24)15-9-11-16(26-3)12-10-15/h5-12,14H,4,13H2,1-3H3/t14-/m1/s1. The third kappa shape index (κ3) is 4.06. The van der Waals surface area contributed by atoms with Crippen LogP contribution in [0.5, 0.6) is 5.75 Å². The van der Waals surface area contributed by atoms with Gasteiger partial charge in [-0.3, -0.25) is 14.2 Å². The minimum absolute atomic E-state index is 0.00759. The Morgan fingerprint density at radius 2 is 1.89 bits per heavy atom. The molecule has 0 N–H and O–H groups in total. The first-order valence-corrected chi connectivity index (χ1v) is 9.85. The molecule has 6 heteroatoms. The fraction of sp³-hybridized carbons (Fsp3) is 0.286. The lowest BCUT2D eigenvalue weighted by Crippen LogP contribution is -2.26. The van der Waals surface area contributed by atoms with Crippen molar-refractivity contribution in [2.75, 3.05) is 12.9 Å². The summed E-state index contributed by atoms with van der Waals surface area (Å²) in [4.78, 5) is 30.1. The molecule has 0 amide bonds. The van der Waals surface area contributed by atoms with E-state index in [9.17, 15) is 9.59 Å². The molecule has 0 radical (unpaired) electrons. The average molecular weight is 382 g/mol. The van der Waals surface area contributed by atoms with Crippen LogP contribution < -0.4 is 10.3 Å². The molecule has 0 saturated carbocycles. The highest BCUT2D eigenvalue weighted by atomic mass is 32.2. The Morgan fingerprint density at radius 3 is 2.56 bits per heavy atom. The van der Waals surface area contributed by atoms with Crippen LogP contribution in [0.15, 0.2) is 58.5 Å². The lowest BCUT2D eigenvalue weighted by molar-refractivity contribution is 0.102. The quantitative estimate of drug-likeness (QED) is 0.345. The third-order valence-corrected chi connectivity index (χ3v) is 5.50. The number of carbonyl (C=O) groups excluding carboxylic acids is 1. The molecular weight excluding hydrogens is 360 g/mol. The van der Waals surface area contributed by atoms with Crippen LogP contribution in [0.4, 0.5) is 0 Å². The number of carbonyl (C=O) groups is 1. The molecule has 3 aromatic rings. The van der Waals surface area contributed by atoms with Gasteiger partial charge in [0.05, 0.1) is 23.8 Å². The van der Waals surface area contributed by atoms with Crippen LogP contribution in [0.25, 0.3) is 10.9 Å². The average Bonchev–Trinajstić information content (AvgIpc) is 2.71. The number of thioether (sulfide) groups is 1. The minimum atomic E-state index is -0.0608. The number of ether oxygens (including phenoxy) is 1. The highest BCUT2D eigenvalue weighted by Gasteiger charge is 2.17. The zero-order valence-electron chi connectivity index (χ0n) is 15.6. The molecule has 0 saturated heterocycles. The fourth-order valence-corrected chi connectivity index (χ4v) is 3.78. The summed E-state index contributed by atoms with van der Waals surface area (Å²) in [5.74, 6) is 0.912. The molecule has 140 valence electrons. The Labute approximate surface area is 162 Å². The number of hydrogen-bond acceptors (Lipinski definition) is 5. The SMILES string of the molecule is CC[C@@H](C)n1c(SCC(=O)c2ccc(OC)cc2)nc2ccccc2c1=O. The number of aromatic nitrogens is 2. The fourth-order valence-electron chi connectivity index (χ4n) is 2.79. The van der Waals surface area contributed by atoms with E-state index in [0.29, 0.717) is 27.4 Å². The second-order valence-corrected chi connectivity index (χ2v) is 7.23. The summed E-state index contributed by atoms with van der Waals surface area (Å²) in [7, 11) is 1.59. The van der Waals surface area contributed by atoms with Gasteiger partial charge in [-0.2, -0.15) is 0 Å². The number of hydrogen-bond donors (Lipinski definition) is 0. The molecule has 0 aliphatic rings. The largest absolute Gasteiger partial charge is 0.497 e. The van der Waals surface area contributed by atoms with Gasteiger partial charge >= 0.3 is 0 Å². The van der Waals surface area contributed by atoms with Crippen molar-refractivity contribution in [2.45, 2.75) is 31.5 Å². The van der Waals surface area contributed by atoms with Crippen molar-refractivity contribution < 1.29 is 9.53 Å². The second-order valence-electron chi connectivity index (χ2n) is 6.28. The van der Waals surface area contributed by atoms with Crippen molar-refractivity contribution in [3.63, 3.8) is 0 Å². The third-order valence-electron chi connectivity index (χ3n) is 4.55. The van der Waals surface area contributed by atoms with Crippen LogP contribution in [0.2, 0.25) is 0 Å². The Morgan fingerprint density at radius 1 is 1.19 bits per heavy atom. The smallest absolute Gasteiger partial charge is 0.262 e. The molecule has 0 aliphatic heterocycles. The minimum Gasteiger partial charge on any atom is -0.497 e. The van der Waals surface area contributed by atoms with Crippen molar-refractivity contribution in [2.24, 2.45) is 0 Å². The number of nitrogens with zero attached hydrogens (tertiary/aromatic N) is 2. The van der Waals surface area contributed by atoms with E-state index in [4.69, 9.17) is 4.74 Å². The van der Waals surface area contributed by atoms with E-state index in [1.54, 1.807) is 42.0 Å². The van der Waals surface area contributed by atoms with Gasteiger partial charge in [0.15, 0.2) is 10.9 Å². The summed E-state index contributed by atoms with van der Waals surface area (Å²) < 4.78 is 6.82. The summed E-state index contributed by atoms with van der Waals surface area (Å²) in [5.41, 5.74) is 1.21. The summed E-state index contributed by atoms with van der Waals surface area (Å²) in [6.45, 7) is 4.02. The van der Waals surface area contributed by atoms with E-state index in [0.717, 1.165) is 6.42 Å². The molecule has 3 rings (SSSR count). The maximum Gasteiger partial charge on any atom is 0.262 e. The topological polar surface area (TPSA) is 61.2 Å². The van der Waals surface area contributed by atoms with E-state index < -0.39 is 0 Å². The van der Waals surface area contributed by atoms with Crippen molar-refractivity contribution in [1.82, 2.24) is 9.55 Å². The molecule has 0 aliphatic carbocycles. The monoisotopic (exact) mass is 382 g/mol. The van der Waals surface area contributed by atoms with E-state index >= 15 is 0 Å². The number of ketones is 1. The van der Waals surface area contributed by atoms with Crippen LogP contribution >= 0.6 is 11.8 Å². The van der Waals surface area contributed by atoms with Gasteiger partial charge in [-0.1, -0.05) is 30.8 Å². The molecule has 1 aromatic heterocycles. The number of benzene rings is 2. The molecule has 1 atom stereocenters. The van der Waals surface area contributed by atoms with Crippen LogP contribution in [-0.2, 0) is 0 Å². The number of rotatable bonds is 7. The molecule has 1 heterocycles. The van der Waals surface area contributed by atoms with Crippen molar-refractivity contribution in [3.8, 4) is 5.75 Å². The predicted molar refractivity (Wildman–Crippen MR) is 109 cm³/mol. The normalized spacial score (nSPS) is 12.1. The molecule has 0 spiro atoms. The van der Waals surface area contributed by atoms with Crippen molar-refractivity contribution in [1.29, 1.82) is 0 Å². The predicted octanol–water partition coefficient (Wildman–Crippen LogP) is 4.35. The highest BCUT2D eigenvalue weighted by molar-refractivity contribution is 7.99. The molecule has 0 bridgehead atoms. The van der Waals surface area contributed by atoms with Gasteiger partial charge in [-0.15, -0.1) is 0 Å². The molecule has 0 unspecified atom stereocenters. The second kappa shape index (κ2) is 8.39. The summed E-state index contributed by atoms with van der Waals surface area (Å²) in [5, 5.41) is 1.18. The summed E-state index contributed by atoms with van der Waals surface area (Å²) in [6.07, 6.45) is 0.805. The lowest BCUT2D eigenvalue weighted by atomic mass is 10.1. The van der Waals surface area contributed by atoms with Gasteiger partial charge in [-0.25, -0.2) is 4.98 Å². The van der Waals surface area contributed by atoms with Crippen LogP contribution in [0.1, 0.15) is 36.7 Å². The zero-order chi connectivity index (χ0) is 19.4. The maximum absolute atomic E-state index is 12.9. The van der Waals surface area contributed by atoms with Crippen LogP contribution in [-0.4, -0.2) is 28.2 Å². The first kappa shape index (κ1) is 19.2. The van der Waals surface area contributed by atoms with Gasteiger partial charge in [-0.05, 0) is 49.7 Å². The van der Waals surface area contributed by atoms with E-state index in [-0.39, 0.29) is 23.1 Å².